The fourth-order valence-electron chi connectivity index (χ4n) is 4.20. The number of aliphatic carboxylic acids is 1. The minimum Gasteiger partial charge on any atom is -0.480 e. The van der Waals surface area contributed by atoms with E-state index in [0.29, 0.717) is 12.8 Å². The lowest BCUT2D eigenvalue weighted by Crippen LogP contribution is -2.44. The summed E-state index contributed by atoms with van der Waals surface area (Å²) < 4.78 is 5.56. The third-order valence-corrected chi connectivity index (χ3v) is 5.78. The number of nitrogens with one attached hydrogen (secondary N) is 2. The molecule has 1 aliphatic rings. The van der Waals surface area contributed by atoms with Crippen LogP contribution in [-0.4, -0.2) is 41.8 Å². The molecule has 0 spiro atoms. The first-order valence-electron chi connectivity index (χ1n) is 11.1. The van der Waals surface area contributed by atoms with Gasteiger partial charge in [0.2, 0.25) is 5.91 Å². The van der Waals surface area contributed by atoms with Crippen LogP contribution in [0.4, 0.5) is 4.79 Å². The number of hydrogen-bond donors (Lipinski definition) is 3. The molecule has 0 fully saturated rings. The molecule has 2 aromatic rings. The second-order valence-corrected chi connectivity index (χ2v) is 8.03. The van der Waals surface area contributed by atoms with Crippen LogP contribution in [0.2, 0.25) is 0 Å². The minimum absolute atomic E-state index is 0.00180. The van der Waals surface area contributed by atoms with E-state index in [1.807, 2.05) is 31.2 Å². The van der Waals surface area contributed by atoms with Gasteiger partial charge in [-0.15, -0.1) is 0 Å². The summed E-state index contributed by atoms with van der Waals surface area (Å²) in [5.41, 5.74) is 4.57. The number of alkyl carbamates (subject to hydrolysis) is 1. The molecule has 3 rings (SSSR count). The van der Waals surface area contributed by atoms with E-state index in [4.69, 9.17) is 9.84 Å². The Kier molecular flexibility index (Phi) is 7.87. The highest BCUT2D eigenvalue weighted by molar-refractivity contribution is 5.84. The molecular weight excluding hydrogens is 408 g/mol. The van der Waals surface area contributed by atoms with Gasteiger partial charge in [0.1, 0.15) is 12.6 Å². The minimum atomic E-state index is -1.07. The number of rotatable bonds is 10. The molecule has 7 nitrogen and oxygen atoms in total. The molecule has 0 aromatic heterocycles. The molecule has 1 unspecified atom stereocenters. The molecule has 0 bridgehead atoms. The molecule has 0 heterocycles. The highest BCUT2D eigenvalue weighted by Crippen LogP contribution is 2.44. The summed E-state index contributed by atoms with van der Waals surface area (Å²) in [6.45, 7) is 3.84. The van der Waals surface area contributed by atoms with Crippen molar-refractivity contribution < 1.29 is 24.2 Å². The number of benzene rings is 2. The summed E-state index contributed by atoms with van der Waals surface area (Å²) in [7, 11) is 0. The van der Waals surface area contributed by atoms with E-state index in [9.17, 15) is 14.4 Å². The number of amides is 2. The van der Waals surface area contributed by atoms with Gasteiger partial charge in [0.05, 0.1) is 0 Å². The van der Waals surface area contributed by atoms with E-state index in [1.165, 1.54) is 0 Å². The van der Waals surface area contributed by atoms with Crippen molar-refractivity contribution in [1.82, 2.24) is 10.6 Å². The largest absolute Gasteiger partial charge is 0.480 e. The van der Waals surface area contributed by atoms with Crippen molar-refractivity contribution in [2.24, 2.45) is 0 Å². The third-order valence-electron chi connectivity index (χ3n) is 5.78. The van der Waals surface area contributed by atoms with Crippen LogP contribution >= 0.6 is 0 Å². The Labute approximate surface area is 188 Å². The second kappa shape index (κ2) is 10.8. The van der Waals surface area contributed by atoms with E-state index in [1.54, 1.807) is 6.92 Å². The molecule has 7 heteroatoms. The van der Waals surface area contributed by atoms with Crippen molar-refractivity contribution in [2.75, 3.05) is 6.61 Å². The number of carboxylic acids is 1. The molecule has 0 saturated heterocycles. The Morgan fingerprint density at radius 1 is 0.969 bits per heavy atom. The Hall–Kier alpha value is -3.35. The van der Waals surface area contributed by atoms with Crippen molar-refractivity contribution in [3.05, 3.63) is 59.7 Å². The lowest BCUT2D eigenvalue weighted by Gasteiger charge is -2.20. The number of ether oxygens (including phenoxy) is 1. The third kappa shape index (κ3) is 5.46. The summed E-state index contributed by atoms with van der Waals surface area (Å²) in [5.74, 6) is -1.52. The van der Waals surface area contributed by atoms with Gasteiger partial charge in [0.15, 0.2) is 0 Å². The number of hydrogen-bond acceptors (Lipinski definition) is 4. The van der Waals surface area contributed by atoms with Crippen molar-refractivity contribution >= 4 is 18.0 Å². The molecular formula is C25H30N2O5. The van der Waals surface area contributed by atoms with Crippen LogP contribution in [0, 0.1) is 0 Å². The number of carbonyl (C=O) groups is 3. The fourth-order valence-corrected chi connectivity index (χ4v) is 4.20. The van der Waals surface area contributed by atoms with Crippen LogP contribution in [0.3, 0.4) is 0 Å². The second-order valence-electron chi connectivity index (χ2n) is 8.03. The monoisotopic (exact) mass is 438 g/mol. The number of carbonyl (C=O) groups excluding carboxylic acids is 2. The normalized spacial score (nSPS) is 14.1. The van der Waals surface area contributed by atoms with Crippen molar-refractivity contribution in [3.63, 3.8) is 0 Å². The predicted molar refractivity (Wildman–Crippen MR) is 121 cm³/mol. The highest BCUT2D eigenvalue weighted by atomic mass is 16.5. The summed E-state index contributed by atoms with van der Waals surface area (Å²) in [5, 5.41) is 14.4. The molecule has 0 radical (unpaired) electrons. The van der Waals surface area contributed by atoms with Gasteiger partial charge in [-0.05, 0) is 35.1 Å². The van der Waals surface area contributed by atoms with Crippen molar-refractivity contribution in [2.45, 2.75) is 57.5 Å². The molecule has 2 aromatic carbocycles. The molecule has 0 saturated carbocycles. The highest BCUT2D eigenvalue weighted by Gasteiger charge is 2.29. The van der Waals surface area contributed by atoms with Gasteiger partial charge in [0.25, 0.3) is 0 Å². The van der Waals surface area contributed by atoms with Crippen LogP contribution in [0.25, 0.3) is 11.1 Å². The Morgan fingerprint density at radius 3 is 2.09 bits per heavy atom. The zero-order valence-corrected chi connectivity index (χ0v) is 18.5. The van der Waals surface area contributed by atoms with Crippen molar-refractivity contribution in [1.29, 1.82) is 0 Å². The zero-order chi connectivity index (χ0) is 23.1. The molecule has 0 aliphatic heterocycles. The van der Waals surface area contributed by atoms with Crippen LogP contribution in [0.15, 0.2) is 48.5 Å². The van der Waals surface area contributed by atoms with E-state index in [0.717, 1.165) is 28.7 Å². The maximum absolute atomic E-state index is 12.5. The quantitative estimate of drug-likeness (QED) is 0.519. The Bertz CT molecular complexity index is 929. The average Bonchev–Trinajstić information content (AvgIpc) is 3.10. The zero-order valence-electron chi connectivity index (χ0n) is 18.5. The maximum atomic E-state index is 12.5. The van der Waals surface area contributed by atoms with Gasteiger partial charge in [-0.3, -0.25) is 4.79 Å². The lowest BCUT2D eigenvalue weighted by atomic mass is 9.98. The topological polar surface area (TPSA) is 105 Å². The van der Waals surface area contributed by atoms with Crippen LogP contribution in [0.5, 0.6) is 0 Å². The van der Waals surface area contributed by atoms with E-state index < -0.39 is 30.1 Å². The standard InChI is InChI=1S/C25H30N2O5/c1-3-9-16(14-23(28)27-22(4-2)24(29)30)26-25(31)32-15-21-19-12-7-5-10-17(19)18-11-6-8-13-20(18)21/h5-8,10-13,16,21-22H,3-4,9,14-15H2,1-2H3,(H,26,31)(H,27,28)(H,29,30)/t16?,22-/m1/s1. The molecule has 3 N–H and O–H groups in total. The first kappa shape index (κ1) is 23.3. The Morgan fingerprint density at radius 2 is 1.56 bits per heavy atom. The summed E-state index contributed by atoms with van der Waals surface area (Å²) >= 11 is 0. The summed E-state index contributed by atoms with van der Waals surface area (Å²) in [4.78, 5) is 35.9. The first-order chi connectivity index (χ1) is 15.4. The summed E-state index contributed by atoms with van der Waals surface area (Å²) in [6.07, 6.45) is 1.06. The molecule has 2 atom stereocenters. The number of fused-ring (bicyclic) bond motifs is 3. The smallest absolute Gasteiger partial charge is 0.407 e. The summed E-state index contributed by atoms with van der Waals surface area (Å²) in [6, 6.07) is 14.9. The SMILES string of the molecule is CCCC(CC(=O)N[C@H](CC)C(=O)O)NC(=O)OCC1c2ccccc2-c2ccccc21. The van der Waals surface area contributed by atoms with E-state index >= 15 is 0 Å². The fraction of sp³-hybridized carbons (Fsp3) is 0.400. The van der Waals surface area contributed by atoms with Crippen LogP contribution < -0.4 is 10.6 Å². The first-order valence-corrected chi connectivity index (χ1v) is 11.1. The molecule has 1 aliphatic carbocycles. The van der Waals surface area contributed by atoms with Gasteiger partial charge in [-0.2, -0.15) is 0 Å². The maximum Gasteiger partial charge on any atom is 0.407 e. The van der Waals surface area contributed by atoms with Crippen molar-refractivity contribution in [3.8, 4) is 11.1 Å². The molecule has 170 valence electrons. The van der Waals surface area contributed by atoms with Gasteiger partial charge in [-0.25, -0.2) is 9.59 Å². The van der Waals surface area contributed by atoms with E-state index in [2.05, 4.69) is 34.9 Å². The van der Waals surface area contributed by atoms with Gasteiger partial charge >= 0.3 is 12.1 Å². The molecule has 32 heavy (non-hydrogen) atoms. The van der Waals surface area contributed by atoms with Gasteiger partial charge in [0, 0.05) is 18.4 Å². The average molecular weight is 439 g/mol. The van der Waals surface area contributed by atoms with Crippen LogP contribution in [0.1, 0.15) is 56.6 Å². The van der Waals surface area contributed by atoms with Gasteiger partial charge in [-0.1, -0.05) is 68.8 Å². The van der Waals surface area contributed by atoms with E-state index in [-0.39, 0.29) is 18.9 Å². The van der Waals surface area contributed by atoms with Gasteiger partial charge < -0.3 is 20.5 Å². The molecule has 2 amide bonds. The predicted octanol–water partition coefficient (Wildman–Crippen LogP) is 4.06. The Balaban J connectivity index is 1.59. The number of carboxylic acid groups (broad SMARTS) is 1. The van der Waals surface area contributed by atoms with Crippen LogP contribution in [-0.2, 0) is 14.3 Å². The lowest BCUT2D eigenvalue weighted by molar-refractivity contribution is -0.142.